The van der Waals surface area contributed by atoms with Gasteiger partial charge in [0.05, 0.1) is 0 Å². The first-order valence-corrected chi connectivity index (χ1v) is 18.1. The van der Waals surface area contributed by atoms with E-state index in [2.05, 4.69) is 187 Å². The van der Waals surface area contributed by atoms with Gasteiger partial charge >= 0.3 is 0 Å². The van der Waals surface area contributed by atoms with E-state index in [-0.39, 0.29) is 12.3 Å². The maximum absolute atomic E-state index is 6.85. The summed E-state index contributed by atoms with van der Waals surface area (Å²) >= 11 is 0. The van der Waals surface area contributed by atoms with Gasteiger partial charge in [0.25, 0.3) is 0 Å². The van der Waals surface area contributed by atoms with Gasteiger partial charge in [0, 0.05) is 21.9 Å². The van der Waals surface area contributed by atoms with Gasteiger partial charge in [-0.15, -0.1) is 0 Å². The molecule has 0 radical (unpaired) electrons. The van der Waals surface area contributed by atoms with Crippen molar-refractivity contribution in [3.63, 3.8) is 0 Å². The van der Waals surface area contributed by atoms with E-state index < -0.39 is 0 Å². The highest BCUT2D eigenvalue weighted by molar-refractivity contribution is 6.18. The molecule has 2 heterocycles. The lowest BCUT2D eigenvalue weighted by molar-refractivity contribution is 0.409. The number of hydrogen-bond acceptors (Lipinski definition) is 4. The van der Waals surface area contributed by atoms with Crippen molar-refractivity contribution in [1.82, 2.24) is 10.6 Å². The van der Waals surface area contributed by atoms with Gasteiger partial charge in [-0.25, -0.2) is 4.99 Å². The topological polar surface area (TPSA) is 49.6 Å². The smallest absolute Gasteiger partial charge is 0.143 e. The molecule has 0 fully saturated rings. The molecule has 252 valence electrons. The maximum atomic E-state index is 6.85. The molecule has 1 aliphatic rings. The Kier molecular flexibility index (Phi) is 7.67. The van der Waals surface area contributed by atoms with Crippen LogP contribution in [0.4, 0.5) is 0 Å². The molecule has 1 aromatic heterocycles. The van der Waals surface area contributed by atoms with Crippen LogP contribution in [0.25, 0.3) is 66.1 Å². The highest BCUT2D eigenvalue weighted by Gasteiger charge is 2.26. The fourth-order valence-electron chi connectivity index (χ4n) is 7.66. The van der Waals surface area contributed by atoms with E-state index in [0.717, 1.165) is 72.1 Å². The van der Waals surface area contributed by atoms with Crippen LogP contribution >= 0.6 is 0 Å². The van der Waals surface area contributed by atoms with Crippen molar-refractivity contribution >= 4 is 38.5 Å². The van der Waals surface area contributed by atoms with Crippen molar-refractivity contribution in [3.8, 4) is 33.4 Å². The summed E-state index contributed by atoms with van der Waals surface area (Å²) in [6.07, 6.45) is -0.320. The summed E-state index contributed by atoms with van der Waals surface area (Å²) in [7, 11) is 0. The van der Waals surface area contributed by atoms with Crippen molar-refractivity contribution in [2.45, 2.75) is 12.3 Å². The Labute approximate surface area is 308 Å². The molecule has 2 N–H and O–H groups in total. The predicted molar refractivity (Wildman–Crippen MR) is 219 cm³/mol. The summed E-state index contributed by atoms with van der Waals surface area (Å²) in [4.78, 5) is 5.08. The maximum Gasteiger partial charge on any atom is 0.143 e. The molecule has 0 saturated carbocycles. The normalized spacial score (nSPS) is 15.7. The van der Waals surface area contributed by atoms with Gasteiger partial charge in [0.15, 0.2) is 0 Å². The van der Waals surface area contributed by atoms with Crippen molar-refractivity contribution in [2.24, 2.45) is 4.99 Å². The van der Waals surface area contributed by atoms with Crippen molar-refractivity contribution in [1.29, 1.82) is 0 Å². The molecule has 9 aromatic rings. The minimum atomic E-state index is -0.183. The first-order chi connectivity index (χ1) is 26.2. The molecule has 53 heavy (non-hydrogen) atoms. The average Bonchev–Trinajstić information content (AvgIpc) is 3.61. The summed E-state index contributed by atoms with van der Waals surface area (Å²) in [6.45, 7) is 0. The van der Waals surface area contributed by atoms with Crippen LogP contribution in [0, 0.1) is 0 Å². The molecule has 0 bridgehead atoms. The Bertz CT molecular complexity index is 2770. The van der Waals surface area contributed by atoms with Crippen molar-refractivity contribution in [2.75, 3.05) is 0 Å². The first kappa shape index (κ1) is 31.0. The molecule has 4 nitrogen and oxygen atoms in total. The zero-order chi connectivity index (χ0) is 35.1. The standard InChI is InChI=1S/C49H35N3O/c1-4-13-32(14-5-1)37-21-12-22-40(29-37)42-28-27-41(45-43-30-38-19-10-11-20-39(38)31-44(43)53-46(42)45)33-23-25-36(26-24-33)49-51-47(34-15-6-2-7-16-34)50-48(52-49)35-17-8-3-9-18-35/h1-31,47,49,51H,(H,50,52). The Hall–Kier alpha value is -6.75. The Morgan fingerprint density at radius 3 is 1.83 bits per heavy atom. The second-order valence-electron chi connectivity index (χ2n) is 13.6. The van der Waals surface area contributed by atoms with Crippen LogP contribution in [-0.4, -0.2) is 5.84 Å². The average molecular weight is 682 g/mol. The fourth-order valence-corrected chi connectivity index (χ4v) is 7.66. The van der Waals surface area contributed by atoms with Crippen molar-refractivity contribution in [3.05, 3.63) is 205 Å². The highest BCUT2D eigenvalue weighted by Crippen LogP contribution is 2.43. The van der Waals surface area contributed by atoms with Crippen molar-refractivity contribution < 1.29 is 4.42 Å². The quantitative estimate of drug-likeness (QED) is 0.184. The van der Waals surface area contributed by atoms with Crippen LogP contribution in [0.5, 0.6) is 0 Å². The predicted octanol–water partition coefficient (Wildman–Crippen LogP) is 12.1. The summed E-state index contributed by atoms with van der Waals surface area (Å²) in [5.41, 5.74) is 11.9. The molecule has 0 aliphatic carbocycles. The Morgan fingerprint density at radius 1 is 0.453 bits per heavy atom. The van der Waals surface area contributed by atoms with Crippen LogP contribution < -0.4 is 10.6 Å². The van der Waals surface area contributed by atoms with Crippen LogP contribution in [0.3, 0.4) is 0 Å². The number of furan rings is 1. The van der Waals surface area contributed by atoms with Crippen LogP contribution in [0.2, 0.25) is 0 Å². The molecule has 8 aromatic carbocycles. The van der Waals surface area contributed by atoms with E-state index in [9.17, 15) is 0 Å². The fraction of sp³-hybridized carbons (Fsp3) is 0.0408. The molecule has 0 saturated heterocycles. The second kappa shape index (κ2) is 13.1. The third-order valence-electron chi connectivity index (χ3n) is 10.3. The number of amidine groups is 1. The van der Waals surface area contributed by atoms with E-state index in [1.807, 2.05) is 12.1 Å². The molecule has 1 aliphatic heterocycles. The number of nitrogens with one attached hydrogen (secondary N) is 2. The number of aliphatic imine (C=N–C) groups is 1. The van der Waals surface area contributed by atoms with E-state index in [1.165, 1.54) is 16.5 Å². The van der Waals surface area contributed by atoms with Gasteiger partial charge in [-0.3, -0.25) is 5.32 Å². The summed E-state index contributed by atoms with van der Waals surface area (Å²) < 4.78 is 6.85. The van der Waals surface area contributed by atoms with Gasteiger partial charge in [-0.1, -0.05) is 164 Å². The van der Waals surface area contributed by atoms with Crippen LogP contribution in [0.1, 0.15) is 29.0 Å². The molecule has 10 rings (SSSR count). The van der Waals surface area contributed by atoms with Crippen LogP contribution in [-0.2, 0) is 0 Å². The lowest BCUT2D eigenvalue weighted by atomic mass is 9.92. The molecule has 2 unspecified atom stereocenters. The summed E-state index contributed by atoms with van der Waals surface area (Å²) in [6, 6.07) is 66.4. The monoisotopic (exact) mass is 681 g/mol. The van der Waals surface area contributed by atoms with Crippen LogP contribution in [0.15, 0.2) is 197 Å². The summed E-state index contributed by atoms with van der Waals surface area (Å²) in [5.74, 6) is 0.873. The number of nitrogens with zero attached hydrogens (tertiary/aromatic N) is 1. The van der Waals surface area contributed by atoms with Gasteiger partial charge in [-0.05, 0) is 74.0 Å². The van der Waals surface area contributed by atoms with Gasteiger partial charge in [-0.2, -0.15) is 0 Å². The molecule has 0 amide bonds. The molecular weight excluding hydrogens is 647 g/mol. The van der Waals surface area contributed by atoms with Gasteiger partial charge < -0.3 is 9.73 Å². The Morgan fingerprint density at radius 2 is 1.08 bits per heavy atom. The number of rotatable bonds is 6. The largest absolute Gasteiger partial charge is 0.455 e. The minimum Gasteiger partial charge on any atom is -0.455 e. The SMILES string of the molecule is c1ccc(C2=NC(c3ccccc3)NC(c3ccc(-c4ccc(-c5cccc(-c6ccccc6)c5)c5oc6cc7ccccc7cc6c45)cc3)N2)cc1. The number of benzene rings is 8. The van der Waals surface area contributed by atoms with E-state index in [0.29, 0.717) is 0 Å². The third-order valence-corrected chi connectivity index (χ3v) is 10.3. The molecule has 4 heteroatoms. The third kappa shape index (κ3) is 5.76. The molecule has 2 atom stereocenters. The van der Waals surface area contributed by atoms with E-state index >= 15 is 0 Å². The molecule has 0 spiro atoms. The summed E-state index contributed by atoms with van der Waals surface area (Å²) in [5, 5.41) is 12.0. The van der Waals surface area contributed by atoms with E-state index in [1.54, 1.807) is 0 Å². The number of hydrogen-bond donors (Lipinski definition) is 2. The lowest BCUT2D eigenvalue weighted by Gasteiger charge is -2.32. The lowest BCUT2D eigenvalue weighted by Crippen LogP contribution is -2.44. The van der Waals surface area contributed by atoms with Gasteiger partial charge in [0.2, 0.25) is 0 Å². The first-order valence-electron chi connectivity index (χ1n) is 18.1. The minimum absolute atomic E-state index is 0.137. The second-order valence-corrected chi connectivity index (χ2v) is 13.6. The van der Waals surface area contributed by atoms with E-state index in [4.69, 9.17) is 9.41 Å². The highest BCUT2D eigenvalue weighted by atomic mass is 16.3. The van der Waals surface area contributed by atoms with Gasteiger partial charge in [0.1, 0.15) is 29.3 Å². The Balaban J connectivity index is 1.08. The molecular formula is C49H35N3O. The zero-order valence-electron chi connectivity index (χ0n) is 28.9. The number of fused-ring (bicyclic) bond motifs is 4. The zero-order valence-corrected chi connectivity index (χ0v) is 28.9.